The topological polar surface area (TPSA) is 90.3 Å². The van der Waals surface area contributed by atoms with Gasteiger partial charge in [-0.1, -0.05) is 11.8 Å². The summed E-state index contributed by atoms with van der Waals surface area (Å²) < 4.78 is 7.35. The molecule has 26 heavy (non-hydrogen) atoms. The first-order valence-corrected chi connectivity index (χ1v) is 9.56. The van der Waals surface area contributed by atoms with Gasteiger partial charge in [0.2, 0.25) is 0 Å². The van der Waals surface area contributed by atoms with Gasteiger partial charge in [-0.2, -0.15) is 0 Å². The molecule has 1 aliphatic heterocycles. The van der Waals surface area contributed by atoms with Gasteiger partial charge in [0.1, 0.15) is 10.4 Å². The van der Waals surface area contributed by atoms with Gasteiger partial charge in [0, 0.05) is 12.6 Å². The molecule has 0 bridgehead atoms. The van der Waals surface area contributed by atoms with E-state index in [0.717, 1.165) is 0 Å². The van der Waals surface area contributed by atoms with Crippen LogP contribution >= 0.6 is 23.1 Å². The lowest BCUT2D eigenvalue weighted by Crippen LogP contribution is -2.25. The molecule has 0 aliphatic carbocycles. The average molecular weight is 387 g/mol. The smallest absolute Gasteiger partial charge is 0.271 e. The molecule has 0 atom stereocenters. The highest BCUT2D eigenvalue weighted by Gasteiger charge is 2.18. The van der Waals surface area contributed by atoms with Crippen LogP contribution in [0.4, 0.5) is 5.69 Å². The average Bonchev–Trinajstić information content (AvgIpc) is 3.11. The number of nitrogens with zero attached hydrogens (tertiary/aromatic N) is 2. The Kier molecular flexibility index (Phi) is 4.25. The Bertz CT molecular complexity index is 1100. The third-order valence-corrected chi connectivity index (χ3v) is 5.83. The first-order chi connectivity index (χ1) is 12.5. The van der Waals surface area contributed by atoms with Crippen LogP contribution in [0.2, 0.25) is 0 Å². The van der Waals surface area contributed by atoms with Crippen molar-refractivity contribution in [3.8, 4) is 5.75 Å². The zero-order valence-electron chi connectivity index (χ0n) is 13.6. The van der Waals surface area contributed by atoms with E-state index in [2.05, 4.69) is 10.3 Å². The molecule has 2 aromatic heterocycles. The molecule has 4 rings (SSSR count). The zero-order valence-corrected chi connectivity index (χ0v) is 15.3. The monoisotopic (exact) mass is 387 g/mol. The molecule has 7 nitrogen and oxygen atoms in total. The summed E-state index contributed by atoms with van der Waals surface area (Å²) in [6, 6.07) is 6.72. The predicted molar refractivity (Wildman–Crippen MR) is 100 cm³/mol. The number of rotatable bonds is 4. The molecule has 0 saturated heterocycles. The Morgan fingerprint density at radius 1 is 1.38 bits per heavy atom. The Balaban J connectivity index is 1.54. The van der Waals surface area contributed by atoms with E-state index in [1.165, 1.54) is 27.7 Å². The molecule has 9 heteroatoms. The number of anilines is 1. The first kappa shape index (κ1) is 16.8. The number of fused-ring (bicyclic) bond motifs is 2. The molecule has 1 aliphatic rings. The maximum atomic E-state index is 12.5. The summed E-state index contributed by atoms with van der Waals surface area (Å²) in [6.07, 6.45) is 0. The summed E-state index contributed by atoms with van der Waals surface area (Å²) in [7, 11) is 1.65. The minimum absolute atomic E-state index is 0.0269. The summed E-state index contributed by atoms with van der Waals surface area (Å²) in [4.78, 5) is 40.7. The Morgan fingerprint density at radius 3 is 3.08 bits per heavy atom. The second kappa shape index (κ2) is 6.58. The number of ether oxygens (including phenoxy) is 1. The Labute approximate surface area is 156 Å². The summed E-state index contributed by atoms with van der Waals surface area (Å²) in [5, 5.41) is 4.99. The molecule has 3 heterocycles. The number of hydrogen-bond donors (Lipinski definition) is 1. The fraction of sp³-hybridized carbons (Fsp3) is 0.176. The van der Waals surface area contributed by atoms with Crippen molar-refractivity contribution in [2.24, 2.45) is 7.05 Å². The second-order valence-corrected chi connectivity index (χ2v) is 7.51. The van der Waals surface area contributed by atoms with E-state index in [1.54, 1.807) is 31.3 Å². The summed E-state index contributed by atoms with van der Waals surface area (Å²) in [6.45, 7) is -0.0269. The van der Waals surface area contributed by atoms with Crippen molar-refractivity contribution < 1.29 is 14.3 Å². The number of nitrogens with one attached hydrogen (secondary N) is 1. The van der Waals surface area contributed by atoms with E-state index in [9.17, 15) is 14.4 Å². The molecule has 1 N–H and O–H groups in total. The van der Waals surface area contributed by atoms with Gasteiger partial charge in [-0.05, 0) is 29.6 Å². The van der Waals surface area contributed by atoms with Crippen LogP contribution in [0.3, 0.4) is 0 Å². The van der Waals surface area contributed by atoms with Crippen LogP contribution in [0.1, 0.15) is 10.4 Å². The Hall–Kier alpha value is -2.65. The standard InChI is InChI=1S/C17H13N3O4S2/c1-20-16(23)15-10(4-5-25-15)19-17(20)26-8-12(21)9-2-3-13-11(6-9)18-14(22)7-24-13/h2-6H,7-8H2,1H3,(H,18,22). The van der Waals surface area contributed by atoms with E-state index in [4.69, 9.17) is 4.74 Å². The highest BCUT2D eigenvalue weighted by molar-refractivity contribution is 7.99. The van der Waals surface area contributed by atoms with Crippen molar-refractivity contribution >= 4 is 50.7 Å². The Morgan fingerprint density at radius 2 is 2.23 bits per heavy atom. The predicted octanol–water partition coefficient (Wildman–Crippen LogP) is 2.30. The lowest BCUT2D eigenvalue weighted by Gasteiger charge is -2.18. The fourth-order valence-electron chi connectivity index (χ4n) is 2.57. The van der Waals surface area contributed by atoms with E-state index in [0.29, 0.717) is 32.4 Å². The molecule has 0 saturated carbocycles. The number of thiophene rings is 1. The molecule has 0 fully saturated rings. The highest BCUT2D eigenvalue weighted by atomic mass is 32.2. The number of ketones is 1. The molecular weight excluding hydrogens is 374 g/mol. The normalized spacial score (nSPS) is 13.2. The number of carbonyl (C=O) groups is 2. The first-order valence-electron chi connectivity index (χ1n) is 7.70. The molecule has 0 unspecified atom stereocenters. The van der Waals surface area contributed by atoms with Gasteiger partial charge in [-0.3, -0.25) is 19.0 Å². The van der Waals surface area contributed by atoms with Gasteiger partial charge in [-0.25, -0.2) is 4.98 Å². The van der Waals surface area contributed by atoms with E-state index in [-0.39, 0.29) is 29.6 Å². The van der Waals surface area contributed by atoms with E-state index in [1.807, 2.05) is 5.38 Å². The third-order valence-electron chi connectivity index (χ3n) is 3.91. The minimum Gasteiger partial charge on any atom is -0.482 e. The van der Waals surface area contributed by atoms with Crippen molar-refractivity contribution in [2.45, 2.75) is 5.16 Å². The number of Topliss-reactive ketones (excluding diaryl/α,β-unsaturated/α-hetero) is 1. The van der Waals surface area contributed by atoms with Crippen LogP contribution < -0.4 is 15.6 Å². The van der Waals surface area contributed by atoms with Crippen molar-refractivity contribution in [1.29, 1.82) is 0 Å². The lowest BCUT2D eigenvalue weighted by molar-refractivity contribution is -0.118. The fourth-order valence-corrected chi connectivity index (χ4v) is 4.24. The SMILES string of the molecule is Cn1c(SCC(=O)c2ccc3c(c2)NC(=O)CO3)nc2ccsc2c1=O. The van der Waals surface area contributed by atoms with Gasteiger partial charge in [-0.15, -0.1) is 11.3 Å². The van der Waals surface area contributed by atoms with Gasteiger partial charge < -0.3 is 10.1 Å². The molecule has 0 radical (unpaired) electrons. The molecule has 1 amide bonds. The number of amides is 1. The van der Waals surface area contributed by atoms with E-state index < -0.39 is 0 Å². The van der Waals surface area contributed by atoms with Crippen LogP contribution in [0, 0.1) is 0 Å². The van der Waals surface area contributed by atoms with Crippen molar-refractivity contribution in [3.63, 3.8) is 0 Å². The summed E-state index contributed by atoms with van der Waals surface area (Å²) in [5.41, 5.74) is 1.47. The van der Waals surface area contributed by atoms with Crippen LogP contribution in [0.5, 0.6) is 5.75 Å². The zero-order chi connectivity index (χ0) is 18.3. The lowest BCUT2D eigenvalue weighted by atomic mass is 10.1. The minimum atomic E-state index is -0.250. The summed E-state index contributed by atoms with van der Waals surface area (Å²) in [5.74, 6) is 0.293. The van der Waals surface area contributed by atoms with Gasteiger partial charge >= 0.3 is 0 Å². The maximum Gasteiger partial charge on any atom is 0.271 e. The maximum absolute atomic E-state index is 12.5. The molecular formula is C17H13N3O4S2. The highest BCUT2D eigenvalue weighted by Crippen LogP contribution is 2.29. The van der Waals surface area contributed by atoms with Crippen LogP contribution in [-0.2, 0) is 11.8 Å². The largest absolute Gasteiger partial charge is 0.482 e. The van der Waals surface area contributed by atoms with Crippen molar-refractivity contribution in [3.05, 3.63) is 45.6 Å². The van der Waals surface area contributed by atoms with Crippen molar-refractivity contribution in [2.75, 3.05) is 17.7 Å². The van der Waals surface area contributed by atoms with Crippen molar-refractivity contribution in [1.82, 2.24) is 9.55 Å². The molecule has 0 spiro atoms. The van der Waals surface area contributed by atoms with E-state index >= 15 is 0 Å². The number of thioether (sulfide) groups is 1. The summed E-state index contributed by atoms with van der Waals surface area (Å²) >= 11 is 2.56. The quantitative estimate of drug-likeness (QED) is 0.420. The number of carbonyl (C=O) groups excluding carboxylic acids is 2. The number of aromatic nitrogens is 2. The van der Waals surface area contributed by atoms with Crippen LogP contribution in [0.15, 0.2) is 39.6 Å². The van der Waals surface area contributed by atoms with Gasteiger partial charge in [0.05, 0.1) is 17.0 Å². The number of benzene rings is 1. The molecule has 132 valence electrons. The molecule has 1 aromatic carbocycles. The number of hydrogen-bond acceptors (Lipinski definition) is 7. The third kappa shape index (κ3) is 2.99. The van der Waals surface area contributed by atoms with Crippen LogP contribution in [-0.4, -0.2) is 33.6 Å². The van der Waals surface area contributed by atoms with Crippen LogP contribution in [0.25, 0.3) is 10.2 Å². The second-order valence-electron chi connectivity index (χ2n) is 5.65. The van der Waals surface area contributed by atoms with Gasteiger partial charge in [0.25, 0.3) is 11.5 Å². The molecule has 3 aromatic rings. The van der Waals surface area contributed by atoms with Gasteiger partial charge in [0.15, 0.2) is 17.5 Å².